The van der Waals surface area contributed by atoms with E-state index in [-0.39, 0.29) is 13.1 Å². The Labute approximate surface area is 137 Å². The molecule has 0 unspecified atom stereocenters. The maximum Gasteiger partial charge on any atom is 0.328 e. The van der Waals surface area contributed by atoms with Crippen molar-refractivity contribution in [1.82, 2.24) is 10.6 Å². The van der Waals surface area contributed by atoms with Crippen LogP contribution in [0.15, 0.2) is 48.6 Å². The summed E-state index contributed by atoms with van der Waals surface area (Å²) in [4.78, 5) is 43.2. The molecular formula is C16H16N2O6. The summed E-state index contributed by atoms with van der Waals surface area (Å²) in [5.74, 6) is -3.43. The Balaban J connectivity index is 2.43. The Morgan fingerprint density at radius 1 is 0.708 bits per heavy atom. The summed E-state index contributed by atoms with van der Waals surface area (Å²) in [6.45, 7) is 0.466. The van der Waals surface area contributed by atoms with Crippen molar-refractivity contribution in [2.75, 3.05) is 0 Å². The van der Waals surface area contributed by atoms with E-state index in [9.17, 15) is 19.2 Å². The van der Waals surface area contributed by atoms with Crippen LogP contribution in [0.3, 0.4) is 0 Å². The Kier molecular flexibility index (Phi) is 7.43. The third-order valence-corrected chi connectivity index (χ3v) is 2.71. The molecule has 8 nitrogen and oxygen atoms in total. The first kappa shape index (κ1) is 18.6. The molecule has 0 spiro atoms. The van der Waals surface area contributed by atoms with Crippen molar-refractivity contribution in [3.05, 3.63) is 59.7 Å². The average Bonchev–Trinajstić information content (AvgIpc) is 2.55. The summed E-state index contributed by atoms with van der Waals surface area (Å²) in [6, 6.07) is 6.98. The molecule has 0 aromatic heterocycles. The van der Waals surface area contributed by atoms with Crippen molar-refractivity contribution in [2.45, 2.75) is 13.1 Å². The van der Waals surface area contributed by atoms with Crippen LogP contribution in [-0.2, 0) is 32.3 Å². The average molecular weight is 332 g/mol. The van der Waals surface area contributed by atoms with Crippen LogP contribution in [0.5, 0.6) is 0 Å². The fourth-order valence-corrected chi connectivity index (χ4v) is 1.57. The molecule has 0 radical (unpaired) electrons. The van der Waals surface area contributed by atoms with E-state index in [0.717, 1.165) is 35.4 Å². The minimum atomic E-state index is -1.20. The van der Waals surface area contributed by atoms with Gasteiger partial charge in [-0.25, -0.2) is 9.59 Å². The summed E-state index contributed by atoms with van der Waals surface area (Å²) in [5, 5.41) is 21.9. The fourth-order valence-electron chi connectivity index (χ4n) is 1.57. The van der Waals surface area contributed by atoms with Crippen LogP contribution >= 0.6 is 0 Å². The number of carboxylic acid groups (broad SMARTS) is 2. The van der Waals surface area contributed by atoms with Crippen molar-refractivity contribution < 1.29 is 29.4 Å². The molecule has 2 amide bonds. The molecule has 24 heavy (non-hydrogen) atoms. The van der Waals surface area contributed by atoms with E-state index in [1.807, 2.05) is 0 Å². The maximum atomic E-state index is 11.3. The number of hydrogen-bond donors (Lipinski definition) is 4. The zero-order chi connectivity index (χ0) is 17.9. The van der Waals surface area contributed by atoms with Crippen molar-refractivity contribution in [2.24, 2.45) is 0 Å². The number of aliphatic carboxylic acids is 2. The van der Waals surface area contributed by atoms with Crippen LogP contribution in [-0.4, -0.2) is 34.0 Å². The van der Waals surface area contributed by atoms with Crippen LogP contribution in [0.1, 0.15) is 11.1 Å². The van der Waals surface area contributed by atoms with Crippen molar-refractivity contribution in [3.8, 4) is 0 Å². The number of amides is 2. The lowest BCUT2D eigenvalue weighted by Gasteiger charge is -2.06. The van der Waals surface area contributed by atoms with Gasteiger partial charge in [0.2, 0.25) is 11.8 Å². The van der Waals surface area contributed by atoms with Crippen molar-refractivity contribution in [1.29, 1.82) is 0 Å². The van der Waals surface area contributed by atoms with Crippen LogP contribution in [0.4, 0.5) is 0 Å². The minimum absolute atomic E-state index is 0.233. The van der Waals surface area contributed by atoms with Gasteiger partial charge in [-0.3, -0.25) is 9.59 Å². The number of benzene rings is 1. The fraction of sp³-hybridized carbons (Fsp3) is 0.125. The van der Waals surface area contributed by atoms with Gasteiger partial charge in [0.05, 0.1) is 0 Å². The first-order chi connectivity index (χ1) is 11.4. The third kappa shape index (κ3) is 8.13. The second-order valence-corrected chi connectivity index (χ2v) is 4.60. The van der Waals surface area contributed by atoms with Gasteiger partial charge in [0, 0.05) is 37.4 Å². The Hall–Kier alpha value is -3.42. The van der Waals surface area contributed by atoms with E-state index in [1.165, 1.54) is 0 Å². The van der Waals surface area contributed by atoms with E-state index in [1.54, 1.807) is 24.3 Å². The molecule has 1 aromatic carbocycles. The van der Waals surface area contributed by atoms with Crippen LogP contribution in [0.2, 0.25) is 0 Å². The van der Waals surface area contributed by atoms with Gasteiger partial charge in [-0.1, -0.05) is 24.3 Å². The van der Waals surface area contributed by atoms with Gasteiger partial charge in [-0.15, -0.1) is 0 Å². The predicted molar refractivity (Wildman–Crippen MR) is 83.7 cm³/mol. The molecule has 8 heteroatoms. The molecule has 1 aromatic rings. The van der Waals surface area contributed by atoms with Crippen LogP contribution in [0, 0.1) is 0 Å². The van der Waals surface area contributed by atoms with Crippen LogP contribution < -0.4 is 10.6 Å². The molecule has 126 valence electrons. The second-order valence-electron chi connectivity index (χ2n) is 4.60. The zero-order valence-corrected chi connectivity index (χ0v) is 12.6. The molecular weight excluding hydrogens is 316 g/mol. The van der Waals surface area contributed by atoms with E-state index in [0.29, 0.717) is 0 Å². The summed E-state index contributed by atoms with van der Waals surface area (Å²) < 4.78 is 0. The molecule has 0 saturated heterocycles. The maximum absolute atomic E-state index is 11.3. The van der Waals surface area contributed by atoms with Gasteiger partial charge in [0.1, 0.15) is 0 Å². The van der Waals surface area contributed by atoms with E-state index >= 15 is 0 Å². The Morgan fingerprint density at radius 2 is 1.04 bits per heavy atom. The predicted octanol–water partition coefficient (Wildman–Crippen LogP) is 0.201. The summed E-state index contributed by atoms with van der Waals surface area (Å²) in [7, 11) is 0. The van der Waals surface area contributed by atoms with Gasteiger partial charge < -0.3 is 20.8 Å². The largest absolute Gasteiger partial charge is 0.478 e. The number of nitrogens with one attached hydrogen (secondary N) is 2. The molecule has 0 bridgehead atoms. The highest BCUT2D eigenvalue weighted by Crippen LogP contribution is 2.04. The molecule has 0 aliphatic carbocycles. The van der Waals surface area contributed by atoms with E-state index in [2.05, 4.69) is 10.6 Å². The second kappa shape index (κ2) is 9.57. The first-order valence-electron chi connectivity index (χ1n) is 6.82. The lowest BCUT2D eigenvalue weighted by atomic mass is 10.1. The molecule has 1 rings (SSSR count). The quantitative estimate of drug-likeness (QED) is 0.503. The third-order valence-electron chi connectivity index (χ3n) is 2.71. The standard InChI is InChI=1S/C16H16N2O6/c19-13(5-7-15(21)22)17-9-11-1-2-12(4-3-11)10-18-14(20)6-8-16(23)24/h1-8H,9-10H2,(H,17,19)(H,18,20)(H,21,22)(H,23,24)/b7-5+,8-6+. The number of carbonyl (C=O) groups is 4. The molecule has 0 heterocycles. The number of rotatable bonds is 8. The van der Waals surface area contributed by atoms with Gasteiger partial charge in [0.25, 0.3) is 0 Å². The molecule has 0 aliphatic rings. The number of carbonyl (C=O) groups excluding carboxylic acids is 2. The summed E-state index contributed by atoms with van der Waals surface area (Å²) >= 11 is 0. The molecule has 4 N–H and O–H groups in total. The summed E-state index contributed by atoms with van der Waals surface area (Å²) in [6.07, 6.45) is 3.35. The zero-order valence-electron chi connectivity index (χ0n) is 12.6. The first-order valence-corrected chi connectivity index (χ1v) is 6.82. The number of hydrogen-bond acceptors (Lipinski definition) is 4. The molecule has 0 aliphatic heterocycles. The molecule has 0 fully saturated rings. The number of carboxylic acids is 2. The molecule has 0 atom stereocenters. The van der Waals surface area contributed by atoms with Gasteiger partial charge in [-0.05, 0) is 11.1 Å². The van der Waals surface area contributed by atoms with Gasteiger partial charge in [-0.2, -0.15) is 0 Å². The molecule has 0 saturated carbocycles. The summed E-state index contributed by atoms with van der Waals surface area (Å²) in [5.41, 5.74) is 1.60. The highest BCUT2D eigenvalue weighted by Gasteiger charge is 2.00. The minimum Gasteiger partial charge on any atom is -0.478 e. The van der Waals surface area contributed by atoms with E-state index in [4.69, 9.17) is 10.2 Å². The highest BCUT2D eigenvalue weighted by atomic mass is 16.4. The van der Waals surface area contributed by atoms with E-state index < -0.39 is 23.8 Å². The van der Waals surface area contributed by atoms with Gasteiger partial charge in [0.15, 0.2) is 0 Å². The van der Waals surface area contributed by atoms with Crippen molar-refractivity contribution in [3.63, 3.8) is 0 Å². The topological polar surface area (TPSA) is 133 Å². The lowest BCUT2D eigenvalue weighted by Crippen LogP contribution is -2.21. The monoisotopic (exact) mass is 332 g/mol. The normalized spacial score (nSPS) is 10.7. The SMILES string of the molecule is O=C(O)/C=C/C(=O)NCc1ccc(CNC(=O)/C=C/C(=O)O)cc1. The lowest BCUT2D eigenvalue weighted by molar-refractivity contribution is -0.132. The smallest absolute Gasteiger partial charge is 0.328 e. The Bertz CT molecular complexity index is 617. The highest BCUT2D eigenvalue weighted by molar-refractivity contribution is 5.94. The Morgan fingerprint density at radius 3 is 1.33 bits per heavy atom. The van der Waals surface area contributed by atoms with Gasteiger partial charge >= 0.3 is 11.9 Å². The van der Waals surface area contributed by atoms with Crippen molar-refractivity contribution >= 4 is 23.8 Å². The van der Waals surface area contributed by atoms with Crippen LogP contribution in [0.25, 0.3) is 0 Å².